The second kappa shape index (κ2) is 4.31. The van der Waals surface area contributed by atoms with Crippen molar-refractivity contribution < 1.29 is 14.3 Å². The summed E-state index contributed by atoms with van der Waals surface area (Å²) in [6, 6.07) is 4.32. The van der Waals surface area contributed by atoms with E-state index in [4.69, 9.17) is 5.11 Å². The third-order valence-corrected chi connectivity index (χ3v) is 3.13. The van der Waals surface area contributed by atoms with Crippen LogP contribution < -0.4 is 0 Å². The molecule has 0 aliphatic heterocycles. The fourth-order valence-corrected chi connectivity index (χ4v) is 2.34. The predicted octanol–water partition coefficient (Wildman–Crippen LogP) is 3.41. The van der Waals surface area contributed by atoms with E-state index in [1.165, 1.54) is 12.1 Å². The minimum atomic E-state index is -1.08. The van der Waals surface area contributed by atoms with Gasteiger partial charge in [0, 0.05) is 15.4 Å². The molecule has 0 atom stereocenters. The van der Waals surface area contributed by atoms with Crippen LogP contribution in [0.2, 0.25) is 0 Å². The largest absolute Gasteiger partial charge is 0.476 e. The van der Waals surface area contributed by atoms with E-state index in [1.54, 1.807) is 11.4 Å². The van der Waals surface area contributed by atoms with Crippen LogP contribution in [0.3, 0.4) is 0 Å². The third-order valence-electron chi connectivity index (χ3n) is 1.85. The molecule has 16 heavy (non-hydrogen) atoms. The second-order valence-electron chi connectivity index (χ2n) is 3.00. The molecule has 2 aromatic rings. The van der Waals surface area contributed by atoms with Crippen LogP contribution in [0, 0.1) is 5.82 Å². The number of rotatable bonds is 2. The van der Waals surface area contributed by atoms with Crippen LogP contribution in [0.4, 0.5) is 4.39 Å². The molecule has 1 N–H and O–H groups in total. The molecule has 0 unspecified atom stereocenters. The molecule has 82 valence electrons. The number of halogens is 2. The zero-order chi connectivity index (χ0) is 11.7. The molecule has 0 amide bonds. The van der Waals surface area contributed by atoms with E-state index in [2.05, 4.69) is 20.9 Å². The fourth-order valence-electron chi connectivity index (χ4n) is 1.21. The van der Waals surface area contributed by atoms with Crippen LogP contribution in [0.25, 0.3) is 11.3 Å². The zero-order valence-corrected chi connectivity index (χ0v) is 10.2. The predicted molar refractivity (Wildman–Crippen MR) is 62.2 cm³/mol. The number of benzene rings is 1. The first-order valence-corrected chi connectivity index (χ1v) is 5.89. The highest BCUT2D eigenvalue weighted by Gasteiger charge is 2.11. The van der Waals surface area contributed by atoms with Crippen LogP contribution in [0.5, 0.6) is 0 Å². The lowest BCUT2D eigenvalue weighted by Gasteiger charge is -1.98. The van der Waals surface area contributed by atoms with E-state index in [9.17, 15) is 9.18 Å². The van der Waals surface area contributed by atoms with Crippen LogP contribution in [0.1, 0.15) is 9.80 Å². The van der Waals surface area contributed by atoms with Crippen molar-refractivity contribution in [2.24, 2.45) is 0 Å². The van der Waals surface area contributed by atoms with Crippen molar-refractivity contribution in [3.8, 4) is 11.3 Å². The van der Waals surface area contributed by atoms with E-state index in [1.807, 2.05) is 0 Å². The molecule has 1 aromatic carbocycles. The quantitative estimate of drug-likeness (QED) is 0.925. The van der Waals surface area contributed by atoms with Gasteiger partial charge < -0.3 is 5.11 Å². The van der Waals surface area contributed by atoms with Gasteiger partial charge in [0.2, 0.25) is 5.01 Å². The molecule has 2 rings (SSSR count). The Labute approximate surface area is 103 Å². The Hall–Kier alpha value is -1.27. The lowest BCUT2D eigenvalue weighted by Crippen LogP contribution is -1.94. The summed E-state index contributed by atoms with van der Waals surface area (Å²) >= 11 is 4.18. The van der Waals surface area contributed by atoms with Crippen molar-refractivity contribution in [1.29, 1.82) is 0 Å². The molecule has 0 bridgehead atoms. The van der Waals surface area contributed by atoms with E-state index in [-0.39, 0.29) is 5.01 Å². The smallest absolute Gasteiger partial charge is 0.365 e. The Morgan fingerprint density at radius 1 is 1.44 bits per heavy atom. The zero-order valence-electron chi connectivity index (χ0n) is 7.78. The van der Waals surface area contributed by atoms with Crippen molar-refractivity contribution in [1.82, 2.24) is 4.98 Å². The van der Waals surface area contributed by atoms with Gasteiger partial charge in [-0.25, -0.2) is 14.2 Å². The lowest BCUT2D eigenvalue weighted by atomic mass is 10.2. The monoisotopic (exact) mass is 301 g/mol. The van der Waals surface area contributed by atoms with Gasteiger partial charge in [0.05, 0.1) is 5.69 Å². The number of carboxylic acids is 1. The minimum absolute atomic E-state index is 0.00427. The van der Waals surface area contributed by atoms with Gasteiger partial charge in [0.25, 0.3) is 0 Å². The normalized spacial score (nSPS) is 10.4. The number of aromatic nitrogens is 1. The molecule has 0 fully saturated rings. The van der Waals surface area contributed by atoms with Gasteiger partial charge in [-0.05, 0) is 18.2 Å². The van der Waals surface area contributed by atoms with Crippen molar-refractivity contribution in [2.75, 3.05) is 0 Å². The summed E-state index contributed by atoms with van der Waals surface area (Å²) in [5.74, 6) is -1.47. The molecule has 0 aliphatic carbocycles. The first-order chi connectivity index (χ1) is 7.56. The summed E-state index contributed by atoms with van der Waals surface area (Å²) in [5.41, 5.74) is 1.01. The molecule has 0 radical (unpaired) electrons. The Kier molecular flexibility index (Phi) is 3.02. The van der Waals surface area contributed by atoms with E-state index >= 15 is 0 Å². The molecule has 0 spiro atoms. The fraction of sp³-hybridized carbons (Fsp3) is 0. The number of nitrogens with zero attached hydrogens (tertiary/aromatic N) is 1. The summed E-state index contributed by atoms with van der Waals surface area (Å²) in [7, 11) is 0. The van der Waals surface area contributed by atoms with Gasteiger partial charge in [0.15, 0.2) is 0 Å². The summed E-state index contributed by atoms with van der Waals surface area (Å²) in [6.07, 6.45) is 0. The van der Waals surface area contributed by atoms with Crippen LogP contribution >= 0.6 is 27.3 Å². The molecule has 0 saturated carbocycles. The number of carbonyl (C=O) groups is 1. The summed E-state index contributed by atoms with van der Waals surface area (Å²) < 4.78 is 13.7. The molecule has 0 saturated heterocycles. The molecular weight excluding hydrogens is 297 g/mol. The van der Waals surface area contributed by atoms with Crippen molar-refractivity contribution in [2.45, 2.75) is 0 Å². The van der Waals surface area contributed by atoms with Gasteiger partial charge in [0.1, 0.15) is 5.82 Å². The number of thiazole rings is 1. The summed E-state index contributed by atoms with van der Waals surface area (Å²) in [5, 5.41) is 10.3. The average Bonchev–Trinajstić information content (AvgIpc) is 2.64. The highest BCUT2D eigenvalue weighted by molar-refractivity contribution is 9.10. The first-order valence-electron chi connectivity index (χ1n) is 4.21. The number of hydrogen-bond donors (Lipinski definition) is 1. The molecule has 6 heteroatoms. The molecule has 3 nitrogen and oxygen atoms in total. The van der Waals surface area contributed by atoms with Gasteiger partial charge in [-0.1, -0.05) is 15.9 Å². The van der Waals surface area contributed by atoms with Crippen molar-refractivity contribution in [3.63, 3.8) is 0 Å². The highest BCUT2D eigenvalue weighted by atomic mass is 79.9. The molecule has 1 aromatic heterocycles. The maximum absolute atomic E-state index is 13.1. The molecule has 1 heterocycles. The van der Waals surface area contributed by atoms with Crippen LogP contribution in [-0.4, -0.2) is 16.1 Å². The Balaban J connectivity index is 2.46. The van der Waals surface area contributed by atoms with Crippen LogP contribution in [-0.2, 0) is 0 Å². The van der Waals surface area contributed by atoms with Crippen LogP contribution in [0.15, 0.2) is 28.1 Å². The van der Waals surface area contributed by atoms with Gasteiger partial charge in [-0.2, -0.15) is 0 Å². The van der Waals surface area contributed by atoms with E-state index in [0.29, 0.717) is 15.7 Å². The highest BCUT2D eigenvalue weighted by Crippen LogP contribution is 2.25. The summed E-state index contributed by atoms with van der Waals surface area (Å²) in [4.78, 5) is 14.5. The maximum atomic E-state index is 13.1. The average molecular weight is 302 g/mol. The standard InChI is InChI=1S/C10H5BrFNO2S/c11-6-1-5(2-7(12)3-6)8-4-16-9(13-8)10(14)15/h1-4H,(H,14,15). The lowest BCUT2D eigenvalue weighted by molar-refractivity contribution is 0.0696. The number of aromatic carboxylic acids is 1. The maximum Gasteiger partial charge on any atom is 0.365 e. The molecular formula is C10H5BrFNO2S. The van der Waals surface area contributed by atoms with Gasteiger partial charge in [-0.15, -0.1) is 11.3 Å². The second-order valence-corrected chi connectivity index (χ2v) is 4.77. The molecule has 0 aliphatic rings. The van der Waals surface area contributed by atoms with Gasteiger partial charge >= 0.3 is 5.97 Å². The van der Waals surface area contributed by atoms with Gasteiger partial charge in [-0.3, -0.25) is 0 Å². The first kappa shape index (κ1) is 11.2. The Bertz CT molecular complexity index is 535. The third kappa shape index (κ3) is 2.28. The Morgan fingerprint density at radius 2 is 2.19 bits per heavy atom. The summed E-state index contributed by atoms with van der Waals surface area (Å²) in [6.45, 7) is 0. The SMILES string of the molecule is O=C(O)c1nc(-c2cc(F)cc(Br)c2)cs1. The minimum Gasteiger partial charge on any atom is -0.476 e. The Morgan fingerprint density at radius 3 is 2.75 bits per heavy atom. The number of carboxylic acid groups (broad SMARTS) is 1. The van der Waals surface area contributed by atoms with E-state index in [0.717, 1.165) is 11.3 Å². The van der Waals surface area contributed by atoms with E-state index < -0.39 is 11.8 Å². The topological polar surface area (TPSA) is 50.2 Å². The van der Waals surface area contributed by atoms with Crippen molar-refractivity contribution >= 4 is 33.2 Å². The number of hydrogen-bond acceptors (Lipinski definition) is 3. The van der Waals surface area contributed by atoms with Crippen molar-refractivity contribution in [3.05, 3.63) is 38.9 Å².